The van der Waals surface area contributed by atoms with Crippen molar-refractivity contribution < 1.29 is 13.5 Å². The minimum atomic E-state index is -2.85. The summed E-state index contributed by atoms with van der Waals surface area (Å²) in [6.45, 7) is -1.09. The molecule has 0 bridgehead atoms. The second kappa shape index (κ2) is 4.57. The molecule has 0 radical (unpaired) electrons. The van der Waals surface area contributed by atoms with E-state index < -0.39 is 6.61 Å². The van der Waals surface area contributed by atoms with Gasteiger partial charge in [-0.3, -0.25) is 0 Å². The second-order valence-electron chi connectivity index (χ2n) is 2.79. The lowest BCUT2D eigenvalue weighted by molar-refractivity contribution is -0.0508. The Morgan fingerprint density at radius 1 is 1.50 bits per heavy atom. The number of hydrogen-bond acceptors (Lipinski definition) is 2. The van der Waals surface area contributed by atoms with Crippen molar-refractivity contribution in [1.82, 2.24) is 0 Å². The summed E-state index contributed by atoms with van der Waals surface area (Å²) < 4.78 is 28.4. The smallest absolute Gasteiger partial charge is 0.387 e. The van der Waals surface area contributed by atoms with Gasteiger partial charge < -0.3 is 10.5 Å². The van der Waals surface area contributed by atoms with Crippen LogP contribution in [0.4, 0.5) is 8.78 Å². The van der Waals surface area contributed by atoms with E-state index >= 15 is 0 Å². The highest BCUT2D eigenvalue weighted by Gasteiger charge is 2.12. The second-order valence-corrected chi connectivity index (χ2v) is 3.23. The van der Waals surface area contributed by atoms with Gasteiger partial charge in [0, 0.05) is 17.1 Å². The van der Waals surface area contributed by atoms with Crippen LogP contribution < -0.4 is 10.5 Å². The van der Waals surface area contributed by atoms with Crippen LogP contribution in [0.3, 0.4) is 0 Å². The summed E-state index contributed by atoms with van der Waals surface area (Å²) in [5.41, 5.74) is 6.42. The van der Waals surface area contributed by atoms with Crippen LogP contribution in [0, 0.1) is 6.92 Å². The molecule has 0 aliphatic heterocycles. The number of nitrogens with two attached hydrogens (primary N) is 1. The molecule has 78 valence electrons. The Hall–Kier alpha value is -0.870. The molecule has 0 aliphatic rings. The van der Waals surface area contributed by atoms with E-state index in [0.717, 1.165) is 0 Å². The molecule has 0 atom stereocenters. The zero-order valence-electron chi connectivity index (χ0n) is 7.56. The first-order valence-corrected chi connectivity index (χ1v) is 4.36. The summed E-state index contributed by atoms with van der Waals surface area (Å²) in [5.74, 6) is 0.118. The number of benzene rings is 1. The molecule has 1 aromatic rings. The summed E-state index contributed by atoms with van der Waals surface area (Å²) in [6, 6.07) is 3.07. The third-order valence-corrected chi connectivity index (χ3v) is 1.96. The van der Waals surface area contributed by atoms with Crippen LogP contribution in [-0.4, -0.2) is 6.61 Å². The molecule has 0 aliphatic carbocycles. The Labute approximate surface area is 85.6 Å². The maximum absolute atomic E-state index is 12.0. The molecule has 1 rings (SSSR count). The largest absolute Gasteiger partial charge is 0.434 e. The van der Waals surface area contributed by atoms with Crippen molar-refractivity contribution in [3.8, 4) is 5.75 Å². The molecular weight excluding hydrogens is 212 g/mol. The standard InChI is InChI=1S/C9H10ClF2NO/c1-5-2-7(10)3-6(4-13)8(5)14-9(11)12/h2-3,9H,4,13H2,1H3. The Balaban J connectivity index is 3.11. The molecule has 0 spiro atoms. The van der Waals surface area contributed by atoms with E-state index in [-0.39, 0.29) is 12.3 Å². The number of alkyl halides is 2. The van der Waals surface area contributed by atoms with Gasteiger partial charge in [-0.25, -0.2) is 0 Å². The Kier molecular flexibility index (Phi) is 3.66. The molecule has 14 heavy (non-hydrogen) atoms. The molecule has 5 heteroatoms. The quantitative estimate of drug-likeness (QED) is 0.852. The Morgan fingerprint density at radius 2 is 2.14 bits per heavy atom. The van der Waals surface area contributed by atoms with E-state index in [4.69, 9.17) is 17.3 Å². The van der Waals surface area contributed by atoms with Crippen molar-refractivity contribution in [2.24, 2.45) is 5.73 Å². The predicted molar refractivity (Wildman–Crippen MR) is 50.7 cm³/mol. The summed E-state index contributed by atoms with van der Waals surface area (Å²) in [6.07, 6.45) is 0. The summed E-state index contributed by atoms with van der Waals surface area (Å²) in [4.78, 5) is 0. The van der Waals surface area contributed by atoms with Crippen LogP contribution in [0.2, 0.25) is 5.02 Å². The number of halogens is 3. The third-order valence-electron chi connectivity index (χ3n) is 1.74. The maximum Gasteiger partial charge on any atom is 0.387 e. The van der Waals surface area contributed by atoms with E-state index in [0.29, 0.717) is 16.1 Å². The number of ether oxygens (including phenoxy) is 1. The molecule has 0 saturated heterocycles. The lowest BCUT2D eigenvalue weighted by atomic mass is 10.1. The van der Waals surface area contributed by atoms with Crippen molar-refractivity contribution in [3.63, 3.8) is 0 Å². The molecule has 0 amide bonds. The summed E-state index contributed by atoms with van der Waals surface area (Å²) >= 11 is 5.74. The van der Waals surface area contributed by atoms with Crippen molar-refractivity contribution in [1.29, 1.82) is 0 Å². The van der Waals surface area contributed by atoms with Crippen LogP contribution in [-0.2, 0) is 6.54 Å². The van der Waals surface area contributed by atoms with E-state index in [1.54, 1.807) is 13.0 Å². The molecule has 0 saturated carbocycles. The van der Waals surface area contributed by atoms with Crippen LogP contribution in [0.15, 0.2) is 12.1 Å². The van der Waals surface area contributed by atoms with E-state index in [2.05, 4.69) is 4.74 Å². The number of rotatable bonds is 3. The van der Waals surface area contributed by atoms with Crippen molar-refractivity contribution >= 4 is 11.6 Å². The topological polar surface area (TPSA) is 35.2 Å². The first kappa shape index (κ1) is 11.2. The van der Waals surface area contributed by atoms with E-state index in [9.17, 15) is 8.78 Å². The molecule has 0 heterocycles. The molecule has 1 aromatic carbocycles. The van der Waals surface area contributed by atoms with Crippen LogP contribution >= 0.6 is 11.6 Å². The van der Waals surface area contributed by atoms with Gasteiger partial charge in [0.25, 0.3) is 0 Å². The number of aryl methyl sites for hydroxylation is 1. The Bertz CT molecular complexity index is 331. The third kappa shape index (κ3) is 2.56. The van der Waals surface area contributed by atoms with E-state index in [1.165, 1.54) is 6.07 Å². The van der Waals surface area contributed by atoms with Crippen molar-refractivity contribution in [2.45, 2.75) is 20.1 Å². The lowest BCUT2D eigenvalue weighted by Gasteiger charge is -2.12. The fourth-order valence-electron chi connectivity index (χ4n) is 1.21. The monoisotopic (exact) mass is 221 g/mol. The lowest BCUT2D eigenvalue weighted by Crippen LogP contribution is -2.08. The number of hydrogen-bond donors (Lipinski definition) is 1. The molecular formula is C9H10ClF2NO. The van der Waals surface area contributed by atoms with Gasteiger partial charge >= 0.3 is 6.61 Å². The van der Waals surface area contributed by atoms with Crippen molar-refractivity contribution in [2.75, 3.05) is 0 Å². The van der Waals surface area contributed by atoms with Gasteiger partial charge in [-0.15, -0.1) is 0 Å². The normalized spacial score (nSPS) is 10.7. The van der Waals surface area contributed by atoms with Gasteiger partial charge in [0.2, 0.25) is 0 Å². The first-order valence-electron chi connectivity index (χ1n) is 3.98. The SMILES string of the molecule is Cc1cc(Cl)cc(CN)c1OC(F)F. The van der Waals surface area contributed by atoms with Gasteiger partial charge in [0.15, 0.2) is 0 Å². The predicted octanol–water partition coefficient (Wildman–Crippen LogP) is 2.71. The highest BCUT2D eigenvalue weighted by molar-refractivity contribution is 6.30. The molecule has 0 fully saturated rings. The van der Waals surface area contributed by atoms with Gasteiger partial charge in [0.05, 0.1) is 0 Å². The average Bonchev–Trinajstić information content (AvgIpc) is 2.08. The van der Waals surface area contributed by atoms with Crippen molar-refractivity contribution in [3.05, 3.63) is 28.3 Å². The maximum atomic E-state index is 12.0. The first-order chi connectivity index (χ1) is 6.54. The van der Waals surface area contributed by atoms with Crippen LogP contribution in [0.1, 0.15) is 11.1 Å². The minimum Gasteiger partial charge on any atom is -0.434 e. The van der Waals surface area contributed by atoms with E-state index in [1.807, 2.05) is 0 Å². The zero-order chi connectivity index (χ0) is 10.7. The highest BCUT2D eigenvalue weighted by atomic mass is 35.5. The molecule has 2 N–H and O–H groups in total. The Morgan fingerprint density at radius 3 is 2.64 bits per heavy atom. The fraction of sp³-hybridized carbons (Fsp3) is 0.333. The highest BCUT2D eigenvalue weighted by Crippen LogP contribution is 2.28. The van der Waals surface area contributed by atoms with Gasteiger partial charge in [-0.2, -0.15) is 8.78 Å². The van der Waals surface area contributed by atoms with Crippen LogP contribution in [0.25, 0.3) is 0 Å². The zero-order valence-corrected chi connectivity index (χ0v) is 8.31. The van der Waals surface area contributed by atoms with Gasteiger partial charge in [-0.1, -0.05) is 11.6 Å². The fourth-order valence-corrected chi connectivity index (χ4v) is 1.50. The summed E-state index contributed by atoms with van der Waals surface area (Å²) in [7, 11) is 0. The van der Waals surface area contributed by atoms with Crippen LogP contribution in [0.5, 0.6) is 5.75 Å². The van der Waals surface area contributed by atoms with Gasteiger partial charge in [-0.05, 0) is 24.6 Å². The average molecular weight is 222 g/mol. The molecule has 0 unspecified atom stereocenters. The van der Waals surface area contributed by atoms with Gasteiger partial charge in [0.1, 0.15) is 5.75 Å². The summed E-state index contributed by atoms with van der Waals surface area (Å²) in [5, 5.41) is 0.463. The minimum absolute atomic E-state index is 0.115. The molecule has 2 nitrogen and oxygen atoms in total. The molecule has 0 aromatic heterocycles.